The normalized spacial score (nSPS) is 30.1. The Morgan fingerprint density at radius 3 is 2.30 bits per heavy atom. The van der Waals surface area contributed by atoms with Crippen LogP contribution in [0, 0.1) is 48.2 Å². The molecule has 5 bridgehead atoms. The first-order valence-electron chi connectivity index (χ1n) is 27.4. The minimum absolute atomic E-state index is 0.00642. The van der Waals surface area contributed by atoms with Crippen molar-refractivity contribution in [2.75, 3.05) is 50.7 Å². The Labute approximate surface area is 451 Å². The Morgan fingerprint density at radius 2 is 1.62 bits per heavy atom. The molecule has 1 aliphatic carbocycles. The summed E-state index contributed by atoms with van der Waals surface area (Å²) in [5, 5.41) is 42.0. The molecular formula is C59H77FN6O11. The summed E-state index contributed by atoms with van der Waals surface area (Å²) in [4.78, 5) is 83.8. The Balaban J connectivity index is 1.11. The summed E-state index contributed by atoms with van der Waals surface area (Å²) in [5.74, 6) is -9.13. The van der Waals surface area contributed by atoms with E-state index in [1.807, 2.05) is 6.92 Å². The fraction of sp³-hybridized carbons (Fsp3) is 0.559. The van der Waals surface area contributed by atoms with E-state index in [1.54, 1.807) is 76.0 Å². The van der Waals surface area contributed by atoms with Crippen molar-refractivity contribution in [1.29, 1.82) is 0 Å². The highest BCUT2D eigenvalue weighted by Gasteiger charge is 2.54. The van der Waals surface area contributed by atoms with Crippen LogP contribution in [0.5, 0.6) is 11.5 Å². The highest BCUT2D eigenvalue weighted by Crippen LogP contribution is 2.50. The molecule has 18 heteroatoms. The number of Topliss-reactive ketones (excluding diaryl/α,β-unsaturated/α-hetero) is 2. The first-order chi connectivity index (χ1) is 36.5. The van der Waals surface area contributed by atoms with E-state index in [1.165, 1.54) is 32.2 Å². The van der Waals surface area contributed by atoms with E-state index in [0.29, 0.717) is 64.4 Å². The van der Waals surface area contributed by atoms with Gasteiger partial charge in [-0.15, -0.1) is 0 Å². The molecule has 2 saturated heterocycles. The smallest absolute Gasteiger partial charge is 0.318 e. The molecule has 5 N–H and O–H groups in total. The predicted molar refractivity (Wildman–Crippen MR) is 289 cm³/mol. The van der Waals surface area contributed by atoms with Crippen LogP contribution in [0.15, 0.2) is 76.8 Å². The monoisotopic (exact) mass is 1060 g/mol. The Kier molecular flexibility index (Phi) is 16.9. The van der Waals surface area contributed by atoms with E-state index in [2.05, 4.69) is 34.3 Å². The van der Waals surface area contributed by atoms with Crippen molar-refractivity contribution in [1.82, 2.24) is 20.4 Å². The van der Waals surface area contributed by atoms with Crippen LogP contribution < -0.4 is 20.3 Å². The highest BCUT2D eigenvalue weighted by molar-refractivity contribution is 6.34. The van der Waals surface area contributed by atoms with Gasteiger partial charge < -0.3 is 54.9 Å². The molecule has 2 fully saturated rings. The molecular weight excluding hydrogens is 988 g/mol. The van der Waals surface area contributed by atoms with Gasteiger partial charge in [-0.2, -0.15) is 0 Å². The third-order valence-electron chi connectivity index (χ3n) is 16.5. The van der Waals surface area contributed by atoms with Crippen LogP contribution in [0.25, 0.3) is 0 Å². The number of aliphatic hydroxyl groups is 2. The number of carbonyl (C=O) groups excluding carboxylic acids is 5. The molecule has 7 aliphatic rings. The van der Waals surface area contributed by atoms with Gasteiger partial charge in [0.15, 0.2) is 0 Å². The molecule has 2 aromatic rings. The molecule has 17 nitrogen and oxygen atoms in total. The molecule has 0 radical (unpaired) electrons. The maximum atomic E-state index is 14.9. The number of hydrogen-bond acceptors (Lipinski definition) is 15. The SMILES string of the molecule is CCC(C(=O)O[C@H]1[C@H](C)[C@H](O)[C@H](C)[C@@H](O)[C@@H](C)/C=C/C=C(/C)C(=O)NC2=C3NC4(CCN(CC(C)C)CC4)N=C3c3c(c(O)c(C)c4c3C(=O)[C@@](C)(O/C=C/C[C@H]1C)O4)C2=O)C(=O)N1CCCN(c2ccc(F)cc2)CC1. The largest absolute Gasteiger partial charge is 0.507 e. The number of allylic oxidation sites excluding steroid dienone is 5. The summed E-state index contributed by atoms with van der Waals surface area (Å²) in [6.07, 6.45) is 6.60. The molecule has 77 heavy (non-hydrogen) atoms. The van der Waals surface area contributed by atoms with Crippen LogP contribution in [-0.2, 0) is 23.9 Å². The van der Waals surface area contributed by atoms with Crippen molar-refractivity contribution >= 4 is 40.7 Å². The van der Waals surface area contributed by atoms with E-state index in [0.717, 1.165) is 12.2 Å². The van der Waals surface area contributed by atoms with Gasteiger partial charge in [0.05, 0.1) is 41.0 Å². The number of fused-ring (bicyclic) bond motifs is 13. The number of rotatable bonds is 7. The number of amides is 2. The number of nitrogens with zero attached hydrogens (tertiary/aromatic N) is 4. The average Bonchev–Trinajstić information content (AvgIpc) is 3.93. The van der Waals surface area contributed by atoms with Crippen LogP contribution in [0.3, 0.4) is 0 Å². The minimum atomic E-state index is -1.98. The number of ether oxygens (including phenoxy) is 3. The van der Waals surface area contributed by atoms with Crippen molar-refractivity contribution in [2.24, 2.45) is 40.5 Å². The fourth-order valence-electron chi connectivity index (χ4n) is 11.7. The lowest BCUT2D eigenvalue weighted by Gasteiger charge is -2.38. The maximum Gasteiger partial charge on any atom is 0.318 e. The summed E-state index contributed by atoms with van der Waals surface area (Å²) in [5.41, 5.74) is 0.512. The van der Waals surface area contributed by atoms with Gasteiger partial charge in [0.25, 0.3) is 11.7 Å². The van der Waals surface area contributed by atoms with Gasteiger partial charge in [0.1, 0.15) is 40.7 Å². The van der Waals surface area contributed by atoms with Gasteiger partial charge >= 0.3 is 11.8 Å². The molecule has 6 heterocycles. The number of phenolic OH excluding ortho intramolecular Hbond substituents is 1. The summed E-state index contributed by atoms with van der Waals surface area (Å²) in [7, 11) is 0. The van der Waals surface area contributed by atoms with Gasteiger partial charge in [-0.3, -0.25) is 29.0 Å². The van der Waals surface area contributed by atoms with Gasteiger partial charge in [0, 0.05) is 106 Å². The van der Waals surface area contributed by atoms with Crippen LogP contribution >= 0.6 is 0 Å². The van der Waals surface area contributed by atoms with Crippen molar-refractivity contribution in [2.45, 2.75) is 131 Å². The second-order valence-electron chi connectivity index (χ2n) is 22.6. The number of nitrogens with one attached hydrogen (secondary N) is 2. The summed E-state index contributed by atoms with van der Waals surface area (Å²) < 4.78 is 32.6. The van der Waals surface area contributed by atoms with Gasteiger partial charge in [-0.1, -0.05) is 66.7 Å². The van der Waals surface area contributed by atoms with Crippen LogP contribution in [0.2, 0.25) is 0 Å². The molecule has 2 amide bonds. The maximum absolute atomic E-state index is 14.9. The predicted octanol–water partition coefficient (Wildman–Crippen LogP) is 6.88. The van der Waals surface area contributed by atoms with E-state index in [-0.39, 0.29) is 75.2 Å². The molecule has 6 aliphatic heterocycles. The number of aliphatic imine (C=N–C) groups is 1. The van der Waals surface area contributed by atoms with Gasteiger partial charge in [-0.25, -0.2) is 4.39 Å². The number of benzene rings is 2. The molecule has 1 spiro atoms. The van der Waals surface area contributed by atoms with E-state index < -0.39 is 88.5 Å². The molecule has 9 atom stereocenters. The lowest BCUT2D eigenvalue weighted by atomic mass is 9.79. The quantitative estimate of drug-likeness (QED) is 0.141. The topological polar surface area (TPSA) is 220 Å². The van der Waals surface area contributed by atoms with Crippen LogP contribution in [0.4, 0.5) is 10.1 Å². The number of ketones is 2. The third kappa shape index (κ3) is 11.3. The Morgan fingerprint density at radius 1 is 0.922 bits per heavy atom. The van der Waals surface area contributed by atoms with Gasteiger partial charge in [0.2, 0.25) is 11.7 Å². The molecule has 0 saturated carbocycles. The number of phenols is 1. The van der Waals surface area contributed by atoms with E-state index in [9.17, 15) is 43.7 Å². The number of anilines is 1. The lowest BCUT2D eigenvalue weighted by molar-refractivity contribution is -0.168. The van der Waals surface area contributed by atoms with Gasteiger partial charge in [-0.05, 0) is 75.3 Å². The third-order valence-corrected chi connectivity index (χ3v) is 16.5. The molecule has 1 unspecified atom stereocenters. The first kappa shape index (κ1) is 56.8. The van der Waals surface area contributed by atoms with E-state index in [4.69, 9.17) is 19.2 Å². The van der Waals surface area contributed by atoms with E-state index >= 15 is 0 Å². The number of halogens is 1. The number of esters is 1. The fourth-order valence-corrected chi connectivity index (χ4v) is 11.7. The van der Waals surface area contributed by atoms with Crippen LogP contribution in [0.1, 0.15) is 126 Å². The highest BCUT2D eigenvalue weighted by atomic mass is 19.1. The van der Waals surface area contributed by atoms with Crippen LogP contribution in [-0.4, -0.2) is 136 Å². The van der Waals surface area contributed by atoms with Crippen molar-refractivity contribution in [3.8, 4) is 11.5 Å². The molecule has 2 aromatic carbocycles. The van der Waals surface area contributed by atoms with Crippen molar-refractivity contribution in [3.05, 3.63) is 99.9 Å². The zero-order valence-corrected chi connectivity index (χ0v) is 46.2. The Bertz CT molecular complexity index is 2800. The first-order valence-corrected chi connectivity index (χ1v) is 27.4. The zero-order valence-electron chi connectivity index (χ0n) is 46.2. The molecule has 0 aromatic heterocycles. The number of hydrogen-bond donors (Lipinski definition) is 5. The lowest BCUT2D eigenvalue weighted by Crippen LogP contribution is -2.50. The number of likely N-dealkylation sites (tertiary alicyclic amines) is 1. The average molecular weight is 1070 g/mol. The second-order valence-corrected chi connectivity index (χ2v) is 22.6. The molecule has 416 valence electrons. The number of piperidine rings is 1. The Hall–Kier alpha value is -6.37. The summed E-state index contributed by atoms with van der Waals surface area (Å²) in [6.45, 7) is 21.8. The standard InChI is InChI=1S/C59H77FN6O11/c1-11-41(56(73)66-25-14-24-65(28-29-66)40-20-18-39(60)19-21-40)57(74)76-52-34(5)17-13-30-75-58(10)54(71)44-42-43(50(69)38(9)53(44)77-58)51(70)47(46-45(42)62-59(63-46)22-26-64(27-23-59)31-32(2)3)61-55(72)35(6)16-12-15-33(4)48(67)36(7)49(68)37(52)8/h12-13,15-16,18-21,30,32-34,36-37,41,48-49,52,63,67-69H,11,14,17,22-29,31H2,1-10H3,(H,61,72)/b15-12+,30-13+,35-16-/t33-,34+,36+,37+,41?,48-,49+,52+,58-/m0/s1. The van der Waals surface area contributed by atoms with Crippen molar-refractivity contribution in [3.63, 3.8) is 0 Å². The number of carbonyl (C=O) groups is 5. The second kappa shape index (κ2) is 22.9. The number of aliphatic hydroxyl groups excluding tert-OH is 2. The number of aromatic hydroxyl groups is 1. The summed E-state index contributed by atoms with van der Waals surface area (Å²) >= 11 is 0. The molecule has 9 rings (SSSR count). The minimum Gasteiger partial charge on any atom is -0.507 e. The summed E-state index contributed by atoms with van der Waals surface area (Å²) in [6, 6.07) is 6.21. The van der Waals surface area contributed by atoms with Crippen molar-refractivity contribution < 1.29 is 57.9 Å². The zero-order chi connectivity index (χ0) is 55.8.